The minimum absolute atomic E-state index is 0.243. The molecule has 0 aliphatic heterocycles. The number of anilines is 1. The molecule has 0 saturated carbocycles. The monoisotopic (exact) mass is 293 g/mol. The molecule has 0 aromatic carbocycles. The molecule has 3 N–H and O–H groups in total. The number of aromatic nitrogens is 1. The molecule has 1 rings (SSSR count). The SMILES string of the molecule is C=CC(F)=CC(C=C)COc1cc(C)c(NN)cn1.CC. The molecule has 0 spiro atoms. The van der Waals surface area contributed by atoms with Gasteiger partial charge < -0.3 is 10.2 Å². The molecule has 0 fully saturated rings. The Hall–Kier alpha value is -2.14. The normalized spacial score (nSPS) is 11.8. The van der Waals surface area contributed by atoms with Crippen molar-refractivity contribution in [2.24, 2.45) is 11.8 Å². The van der Waals surface area contributed by atoms with Crippen LogP contribution >= 0.6 is 0 Å². The molecule has 0 radical (unpaired) electrons. The molecule has 116 valence electrons. The third-order valence-electron chi connectivity index (χ3n) is 2.54. The number of hydrogen-bond donors (Lipinski definition) is 2. The minimum Gasteiger partial charge on any atom is -0.477 e. The summed E-state index contributed by atoms with van der Waals surface area (Å²) in [6.45, 7) is 13.1. The lowest BCUT2D eigenvalue weighted by molar-refractivity contribution is 0.284. The third kappa shape index (κ3) is 6.72. The fourth-order valence-corrected chi connectivity index (χ4v) is 1.40. The number of nitrogens with two attached hydrogens (primary N) is 1. The van der Waals surface area contributed by atoms with Crippen molar-refractivity contribution in [1.29, 1.82) is 0 Å². The van der Waals surface area contributed by atoms with Crippen molar-refractivity contribution < 1.29 is 9.13 Å². The molecule has 1 heterocycles. The topological polar surface area (TPSA) is 60.2 Å². The molecule has 1 aromatic heterocycles. The summed E-state index contributed by atoms with van der Waals surface area (Å²) in [5.41, 5.74) is 4.17. The Balaban J connectivity index is 0.00000191. The number of hydrazine groups is 1. The molecule has 0 aliphatic carbocycles. The fourth-order valence-electron chi connectivity index (χ4n) is 1.40. The van der Waals surface area contributed by atoms with Crippen molar-refractivity contribution in [2.45, 2.75) is 20.8 Å². The van der Waals surface area contributed by atoms with Gasteiger partial charge in [-0.05, 0) is 24.6 Å². The number of ether oxygens (including phenoxy) is 1. The first kappa shape index (κ1) is 18.9. The first-order chi connectivity index (χ1) is 10.1. The van der Waals surface area contributed by atoms with Crippen LogP contribution in [0.15, 0.2) is 49.5 Å². The van der Waals surface area contributed by atoms with Crippen molar-refractivity contribution in [2.75, 3.05) is 12.0 Å². The molecule has 1 atom stereocenters. The number of nitrogen functional groups attached to an aromatic ring is 1. The van der Waals surface area contributed by atoms with Crippen molar-refractivity contribution in [3.8, 4) is 5.88 Å². The van der Waals surface area contributed by atoms with Crippen LogP contribution in [-0.2, 0) is 0 Å². The summed E-state index contributed by atoms with van der Waals surface area (Å²) < 4.78 is 18.5. The summed E-state index contributed by atoms with van der Waals surface area (Å²) in [5, 5.41) is 0. The van der Waals surface area contributed by atoms with E-state index >= 15 is 0 Å². The smallest absolute Gasteiger partial charge is 0.213 e. The second kappa shape index (κ2) is 10.6. The molecular weight excluding hydrogens is 269 g/mol. The van der Waals surface area contributed by atoms with E-state index < -0.39 is 5.83 Å². The van der Waals surface area contributed by atoms with Crippen LogP contribution in [0.5, 0.6) is 5.88 Å². The number of nitrogens with zero attached hydrogens (tertiary/aromatic N) is 1. The van der Waals surface area contributed by atoms with Gasteiger partial charge in [0.15, 0.2) is 0 Å². The first-order valence-corrected chi connectivity index (χ1v) is 6.79. The van der Waals surface area contributed by atoms with E-state index in [9.17, 15) is 4.39 Å². The Morgan fingerprint density at radius 1 is 1.52 bits per heavy atom. The molecule has 0 aliphatic rings. The highest BCUT2D eigenvalue weighted by Gasteiger charge is 2.06. The predicted molar refractivity (Wildman–Crippen MR) is 86.7 cm³/mol. The minimum atomic E-state index is -0.402. The first-order valence-electron chi connectivity index (χ1n) is 6.79. The zero-order valence-corrected chi connectivity index (χ0v) is 12.9. The lowest BCUT2D eigenvalue weighted by Crippen LogP contribution is -2.11. The molecule has 21 heavy (non-hydrogen) atoms. The maximum Gasteiger partial charge on any atom is 0.213 e. The Kier molecular flexibility index (Phi) is 9.54. The van der Waals surface area contributed by atoms with Crippen LogP contribution in [0.25, 0.3) is 0 Å². The van der Waals surface area contributed by atoms with Crippen LogP contribution in [0.3, 0.4) is 0 Å². The summed E-state index contributed by atoms with van der Waals surface area (Å²) in [7, 11) is 0. The number of nitrogens with one attached hydrogen (secondary N) is 1. The number of halogens is 1. The molecule has 4 nitrogen and oxygen atoms in total. The highest BCUT2D eigenvalue weighted by molar-refractivity contribution is 5.48. The van der Waals surface area contributed by atoms with Gasteiger partial charge in [-0.25, -0.2) is 9.37 Å². The second-order valence-electron chi connectivity index (χ2n) is 3.95. The van der Waals surface area contributed by atoms with E-state index in [1.54, 1.807) is 18.3 Å². The van der Waals surface area contributed by atoms with E-state index in [2.05, 4.69) is 23.6 Å². The Bertz CT molecular complexity index is 486. The maximum atomic E-state index is 13.1. The van der Waals surface area contributed by atoms with Crippen LogP contribution in [0.2, 0.25) is 0 Å². The quantitative estimate of drug-likeness (QED) is 0.346. The Morgan fingerprint density at radius 2 is 2.19 bits per heavy atom. The van der Waals surface area contributed by atoms with Crippen molar-refractivity contribution in [1.82, 2.24) is 4.98 Å². The highest BCUT2D eigenvalue weighted by Crippen LogP contribution is 2.18. The van der Waals surface area contributed by atoms with Gasteiger partial charge in [-0.2, -0.15) is 0 Å². The zero-order valence-electron chi connectivity index (χ0n) is 12.9. The van der Waals surface area contributed by atoms with Gasteiger partial charge in [0.25, 0.3) is 0 Å². The van der Waals surface area contributed by atoms with Gasteiger partial charge in [-0.3, -0.25) is 5.84 Å². The largest absolute Gasteiger partial charge is 0.477 e. The van der Waals surface area contributed by atoms with Crippen LogP contribution in [-0.4, -0.2) is 11.6 Å². The van der Waals surface area contributed by atoms with E-state index in [1.165, 1.54) is 6.08 Å². The number of hydrogen-bond acceptors (Lipinski definition) is 4. The van der Waals surface area contributed by atoms with Gasteiger partial charge in [-0.1, -0.05) is 26.5 Å². The number of aryl methyl sites for hydroxylation is 1. The summed E-state index contributed by atoms with van der Waals surface area (Å²) in [6.07, 6.45) is 5.71. The summed E-state index contributed by atoms with van der Waals surface area (Å²) in [5.74, 6) is 5.12. The van der Waals surface area contributed by atoms with Crippen LogP contribution < -0.4 is 16.0 Å². The zero-order chi connectivity index (χ0) is 16.3. The van der Waals surface area contributed by atoms with Gasteiger partial charge in [0.1, 0.15) is 5.83 Å². The van der Waals surface area contributed by atoms with Crippen molar-refractivity contribution >= 4 is 5.69 Å². The second-order valence-corrected chi connectivity index (χ2v) is 3.95. The summed E-state index contributed by atoms with van der Waals surface area (Å²) in [6, 6.07) is 1.75. The van der Waals surface area contributed by atoms with Gasteiger partial charge in [0.2, 0.25) is 5.88 Å². The molecule has 1 aromatic rings. The maximum absolute atomic E-state index is 13.1. The number of pyridine rings is 1. The molecule has 0 amide bonds. The van der Waals surface area contributed by atoms with Crippen molar-refractivity contribution in [3.05, 3.63) is 55.0 Å². The van der Waals surface area contributed by atoms with Gasteiger partial charge >= 0.3 is 0 Å². The molecule has 1 unspecified atom stereocenters. The number of rotatable bonds is 7. The molecule has 5 heteroatoms. The van der Waals surface area contributed by atoms with Crippen LogP contribution in [0.1, 0.15) is 19.4 Å². The van der Waals surface area contributed by atoms with Crippen LogP contribution in [0.4, 0.5) is 10.1 Å². The average Bonchev–Trinajstić information content (AvgIpc) is 2.53. The van der Waals surface area contributed by atoms with E-state index in [1.807, 2.05) is 20.8 Å². The fraction of sp³-hybridized carbons (Fsp3) is 0.312. The van der Waals surface area contributed by atoms with E-state index in [0.29, 0.717) is 5.88 Å². The lowest BCUT2D eigenvalue weighted by atomic mass is 10.1. The lowest BCUT2D eigenvalue weighted by Gasteiger charge is -2.11. The number of allylic oxidation sites excluding steroid dienone is 2. The predicted octanol–water partition coefficient (Wildman–Crippen LogP) is 3.92. The van der Waals surface area contributed by atoms with Crippen molar-refractivity contribution in [3.63, 3.8) is 0 Å². The molecular formula is C16H24FN3O. The standard InChI is InChI=1S/C14H18FN3O.C2H6/c1-4-11(7-12(15)5-2)9-19-14-6-10(3)13(18-16)8-17-14;1-2/h4-8,11,18H,1-2,9,16H2,3H3;1-2H3. The third-order valence-corrected chi connectivity index (χ3v) is 2.54. The van der Waals surface area contributed by atoms with E-state index in [4.69, 9.17) is 10.6 Å². The summed E-state index contributed by atoms with van der Waals surface area (Å²) in [4.78, 5) is 4.08. The molecule has 0 bridgehead atoms. The highest BCUT2D eigenvalue weighted by atomic mass is 19.1. The van der Waals surface area contributed by atoms with Crippen LogP contribution in [0, 0.1) is 12.8 Å². The Labute approximate surface area is 126 Å². The molecule has 0 saturated heterocycles. The van der Waals surface area contributed by atoms with Gasteiger partial charge in [0.05, 0.1) is 18.5 Å². The van der Waals surface area contributed by atoms with E-state index in [0.717, 1.165) is 17.3 Å². The summed E-state index contributed by atoms with van der Waals surface area (Å²) >= 11 is 0. The van der Waals surface area contributed by atoms with E-state index in [-0.39, 0.29) is 12.5 Å². The van der Waals surface area contributed by atoms with Gasteiger partial charge in [0, 0.05) is 12.0 Å². The average molecular weight is 293 g/mol. The Morgan fingerprint density at radius 3 is 2.67 bits per heavy atom. The van der Waals surface area contributed by atoms with Gasteiger partial charge in [-0.15, -0.1) is 6.58 Å².